The van der Waals surface area contributed by atoms with Gasteiger partial charge in [0, 0.05) is 6.21 Å². The highest BCUT2D eigenvalue weighted by molar-refractivity contribution is 5.81. The maximum Gasteiger partial charge on any atom is 0.295 e. The van der Waals surface area contributed by atoms with Gasteiger partial charge < -0.3 is 16.9 Å². The maximum atomic E-state index is 11.4. The molecule has 0 spiro atoms. The number of carbonyl (C=O) groups is 1. The summed E-state index contributed by atoms with van der Waals surface area (Å²) in [6.07, 6.45) is 5.29. The predicted molar refractivity (Wildman–Crippen MR) is 75.0 cm³/mol. The van der Waals surface area contributed by atoms with E-state index in [1.165, 1.54) is 0 Å². The molecule has 0 aliphatic rings. The number of hydrazone groups is 1. The Morgan fingerprint density at radius 3 is 2.47 bits per heavy atom. The second-order valence-corrected chi connectivity index (χ2v) is 5.03. The fourth-order valence-corrected chi connectivity index (χ4v) is 1.34. The number of quaternary nitrogens is 1. The first-order valence-electron chi connectivity index (χ1n) is 5.81. The molecule has 1 aromatic rings. The highest BCUT2D eigenvalue weighted by atomic mass is 35.5. The van der Waals surface area contributed by atoms with Gasteiger partial charge >= 0.3 is 0 Å². The van der Waals surface area contributed by atoms with Crippen molar-refractivity contribution in [1.82, 2.24) is 5.43 Å². The van der Waals surface area contributed by atoms with Gasteiger partial charge in [-0.3, -0.25) is 4.79 Å². The highest BCUT2D eigenvalue weighted by Crippen LogP contribution is 1.99. The molecule has 0 heterocycles. The van der Waals surface area contributed by atoms with Crippen LogP contribution in [0.3, 0.4) is 0 Å². The molecule has 0 unspecified atom stereocenters. The van der Waals surface area contributed by atoms with Crippen LogP contribution in [0, 0.1) is 0 Å². The van der Waals surface area contributed by atoms with E-state index in [1.807, 2.05) is 57.6 Å². The molecule has 0 bridgehead atoms. The molecule has 0 aliphatic carbocycles. The van der Waals surface area contributed by atoms with Gasteiger partial charge in [0.15, 0.2) is 6.54 Å². The summed E-state index contributed by atoms with van der Waals surface area (Å²) in [7, 11) is 5.87. The van der Waals surface area contributed by atoms with Gasteiger partial charge in [0.2, 0.25) is 0 Å². The lowest BCUT2D eigenvalue weighted by Crippen LogP contribution is -3.00. The van der Waals surface area contributed by atoms with Crippen molar-refractivity contribution >= 4 is 18.2 Å². The first kappa shape index (κ1) is 17.4. The van der Waals surface area contributed by atoms with Crippen LogP contribution in [-0.4, -0.2) is 44.3 Å². The zero-order valence-corrected chi connectivity index (χ0v) is 12.3. The van der Waals surface area contributed by atoms with Crippen LogP contribution in [0.1, 0.15) is 5.56 Å². The molecule has 0 saturated heterocycles. The van der Waals surface area contributed by atoms with E-state index in [-0.39, 0.29) is 18.3 Å². The number of hydrogen-bond donors (Lipinski definition) is 1. The number of allylic oxidation sites excluding steroid dienone is 1. The first-order chi connectivity index (χ1) is 8.47. The molecule has 0 fully saturated rings. The quantitative estimate of drug-likeness (QED) is 0.399. The minimum absolute atomic E-state index is 0. The lowest BCUT2D eigenvalue weighted by molar-refractivity contribution is -0.862. The van der Waals surface area contributed by atoms with Crippen molar-refractivity contribution in [1.29, 1.82) is 0 Å². The molecular formula is C14H20ClN3O. The largest absolute Gasteiger partial charge is 1.00 e. The molecule has 1 rings (SSSR count). The summed E-state index contributed by atoms with van der Waals surface area (Å²) >= 11 is 0. The number of amides is 1. The molecular weight excluding hydrogens is 262 g/mol. The number of benzene rings is 1. The van der Waals surface area contributed by atoms with Crippen molar-refractivity contribution in [3.05, 3.63) is 42.0 Å². The summed E-state index contributed by atoms with van der Waals surface area (Å²) in [6.45, 7) is 0.403. The molecule has 104 valence electrons. The van der Waals surface area contributed by atoms with Crippen molar-refractivity contribution < 1.29 is 21.7 Å². The minimum Gasteiger partial charge on any atom is -1.00 e. The lowest BCUT2D eigenvalue weighted by atomic mass is 10.2. The third kappa shape index (κ3) is 8.99. The molecule has 0 radical (unpaired) electrons. The SMILES string of the molecule is C[N+](C)(C)CC(=O)NN=C/C=C/c1ccccc1.[Cl-]. The monoisotopic (exact) mass is 281 g/mol. The van der Waals surface area contributed by atoms with Gasteiger partial charge in [0.05, 0.1) is 21.1 Å². The van der Waals surface area contributed by atoms with Gasteiger partial charge in [-0.25, -0.2) is 5.43 Å². The van der Waals surface area contributed by atoms with E-state index in [2.05, 4.69) is 10.5 Å². The third-order valence-electron chi connectivity index (χ3n) is 2.06. The Labute approximate surface area is 120 Å². The second kappa shape index (κ2) is 8.45. The van der Waals surface area contributed by atoms with E-state index < -0.39 is 0 Å². The van der Waals surface area contributed by atoms with Crippen LogP contribution in [-0.2, 0) is 4.79 Å². The predicted octanol–water partition coefficient (Wildman–Crippen LogP) is -1.49. The standard InChI is InChI=1S/C14H19N3O.ClH/c1-17(2,3)12-14(18)16-15-11-7-10-13-8-5-4-6-9-13;/h4-11H,12H2,1-3H3;1H/b10-7+,15-11?;. The van der Waals surface area contributed by atoms with Crippen LogP contribution in [0.5, 0.6) is 0 Å². The number of halogens is 1. The van der Waals surface area contributed by atoms with Crippen molar-refractivity contribution in [2.75, 3.05) is 27.7 Å². The van der Waals surface area contributed by atoms with E-state index >= 15 is 0 Å². The second-order valence-electron chi connectivity index (χ2n) is 5.03. The van der Waals surface area contributed by atoms with Gasteiger partial charge in [0.25, 0.3) is 5.91 Å². The summed E-state index contributed by atoms with van der Waals surface area (Å²) in [5.74, 6) is -0.0909. The lowest BCUT2D eigenvalue weighted by Gasteiger charge is -2.21. The summed E-state index contributed by atoms with van der Waals surface area (Å²) in [6, 6.07) is 9.91. The van der Waals surface area contributed by atoms with Crippen LogP contribution >= 0.6 is 0 Å². The van der Waals surface area contributed by atoms with Gasteiger partial charge in [-0.1, -0.05) is 36.4 Å². The molecule has 0 saturated carbocycles. The van der Waals surface area contributed by atoms with E-state index in [0.29, 0.717) is 11.0 Å². The Bertz CT molecular complexity index is 436. The molecule has 1 aromatic carbocycles. The number of nitrogens with one attached hydrogen (secondary N) is 1. The van der Waals surface area contributed by atoms with Crippen molar-refractivity contribution in [2.45, 2.75) is 0 Å². The normalized spacial score (nSPS) is 11.5. The van der Waals surface area contributed by atoms with Gasteiger partial charge in [-0.15, -0.1) is 0 Å². The molecule has 0 aliphatic heterocycles. The topological polar surface area (TPSA) is 41.5 Å². The highest BCUT2D eigenvalue weighted by Gasteiger charge is 2.12. The minimum atomic E-state index is -0.0909. The van der Waals surface area contributed by atoms with Crippen LogP contribution in [0.15, 0.2) is 41.5 Å². The summed E-state index contributed by atoms with van der Waals surface area (Å²) < 4.78 is 0.585. The molecule has 0 atom stereocenters. The zero-order valence-electron chi connectivity index (χ0n) is 11.5. The first-order valence-corrected chi connectivity index (χ1v) is 5.81. The molecule has 4 nitrogen and oxygen atoms in total. The van der Waals surface area contributed by atoms with Gasteiger partial charge in [0.1, 0.15) is 0 Å². The number of carbonyl (C=O) groups excluding carboxylic acids is 1. The Morgan fingerprint density at radius 2 is 1.89 bits per heavy atom. The van der Waals surface area contributed by atoms with Crippen LogP contribution in [0.4, 0.5) is 0 Å². The fraction of sp³-hybridized carbons (Fsp3) is 0.286. The Balaban J connectivity index is 0.00000324. The van der Waals surface area contributed by atoms with E-state index in [1.54, 1.807) is 12.3 Å². The molecule has 19 heavy (non-hydrogen) atoms. The van der Waals surface area contributed by atoms with Crippen molar-refractivity contribution in [3.63, 3.8) is 0 Å². The Morgan fingerprint density at radius 1 is 1.26 bits per heavy atom. The number of likely N-dealkylation sites (N-methyl/N-ethyl adjacent to an activating group) is 1. The number of rotatable bonds is 5. The summed E-state index contributed by atoms with van der Waals surface area (Å²) in [4.78, 5) is 11.4. The van der Waals surface area contributed by atoms with E-state index in [0.717, 1.165) is 5.56 Å². The van der Waals surface area contributed by atoms with Crippen LogP contribution in [0.25, 0.3) is 6.08 Å². The fourth-order valence-electron chi connectivity index (χ4n) is 1.34. The average Bonchev–Trinajstić information content (AvgIpc) is 2.27. The zero-order chi connectivity index (χ0) is 13.4. The molecule has 0 aromatic heterocycles. The van der Waals surface area contributed by atoms with Crippen LogP contribution in [0.2, 0.25) is 0 Å². The smallest absolute Gasteiger partial charge is 0.295 e. The van der Waals surface area contributed by atoms with Crippen molar-refractivity contribution in [2.24, 2.45) is 5.10 Å². The number of nitrogens with zero attached hydrogens (tertiary/aromatic N) is 2. The van der Waals surface area contributed by atoms with Crippen LogP contribution < -0.4 is 17.8 Å². The van der Waals surface area contributed by atoms with E-state index in [4.69, 9.17) is 0 Å². The Hall–Kier alpha value is -1.65. The maximum absolute atomic E-state index is 11.4. The number of hydrogen-bond acceptors (Lipinski definition) is 2. The van der Waals surface area contributed by atoms with E-state index in [9.17, 15) is 4.79 Å². The van der Waals surface area contributed by atoms with Gasteiger partial charge in [-0.05, 0) is 11.6 Å². The summed E-state index contributed by atoms with van der Waals surface area (Å²) in [5, 5.41) is 3.85. The van der Waals surface area contributed by atoms with Crippen molar-refractivity contribution in [3.8, 4) is 0 Å². The van der Waals surface area contributed by atoms with Gasteiger partial charge in [-0.2, -0.15) is 5.10 Å². The summed E-state index contributed by atoms with van der Waals surface area (Å²) in [5.41, 5.74) is 3.59. The average molecular weight is 282 g/mol. The third-order valence-corrected chi connectivity index (χ3v) is 2.06. The Kier molecular flexibility index (Phi) is 7.72. The molecule has 5 heteroatoms. The molecule has 1 amide bonds. The molecule has 1 N–H and O–H groups in total.